The second-order valence-electron chi connectivity index (χ2n) is 6.56. The number of primary amides is 1. The van der Waals surface area contributed by atoms with E-state index in [0.29, 0.717) is 11.4 Å². The van der Waals surface area contributed by atoms with E-state index in [1.807, 2.05) is 6.07 Å². The number of carbonyl (C=O) groups is 1. The molecule has 0 radical (unpaired) electrons. The van der Waals surface area contributed by atoms with Gasteiger partial charge >= 0.3 is 0 Å². The second kappa shape index (κ2) is 6.49. The molecule has 1 aliphatic rings. The van der Waals surface area contributed by atoms with Crippen molar-refractivity contribution in [1.29, 1.82) is 0 Å². The first-order chi connectivity index (χ1) is 12.5. The number of imidazole rings is 1. The molecule has 0 bridgehead atoms. The normalized spacial score (nSPS) is 15.5. The Morgan fingerprint density at radius 3 is 2.62 bits per heavy atom. The van der Waals surface area contributed by atoms with E-state index >= 15 is 0 Å². The Morgan fingerprint density at radius 1 is 1.15 bits per heavy atom. The largest absolute Gasteiger partial charge is 0.366 e. The lowest BCUT2D eigenvalue weighted by molar-refractivity contribution is 0.100. The predicted molar refractivity (Wildman–Crippen MR) is 94.8 cm³/mol. The van der Waals surface area contributed by atoms with Crippen molar-refractivity contribution >= 4 is 16.9 Å². The van der Waals surface area contributed by atoms with Crippen molar-refractivity contribution in [3.63, 3.8) is 0 Å². The van der Waals surface area contributed by atoms with E-state index in [9.17, 15) is 13.6 Å². The smallest absolute Gasteiger partial charge is 0.251 e. The number of nitrogens with zero attached hydrogens (tertiary/aromatic N) is 1. The third-order valence-corrected chi connectivity index (χ3v) is 4.88. The molecule has 1 saturated heterocycles. The third kappa shape index (κ3) is 2.94. The second-order valence-corrected chi connectivity index (χ2v) is 6.56. The number of nitrogens with one attached hydrogen (secondary N) is 2. The lowest BCUT2D eigenvalue weighted by Crippen LogP contribution is -2.26. The van der Waals surface area contributed by atoms with Crippen LogP contribution in [0.3, 0.4) is 0 Å². The number of piperidine rings is 1. The minimum Gasteiger partial charge on any atom is -0.366 e. The molecule has 1 aromatic heterocycles. The SMILES string of the molecule is NC(=O)c1cc(F)cc2[nH]c(-c3ccc(C4CCNCC4)cc3F)nc12. The van der Waals surface area contributed by atoms with Gasteiger partial charge in [0.05, 0.1) is 16.6 Å². The summed E-state index contributed by atoms with van der Waals surface area (Å²) in [6.07, 6.45) is 1.95. The molecule has 134 valence electrons. The maximum atomic E-state index is 14.7. The van der Waals surface area contributed by atoms with Crippen LogP contribution in [0, 0.1) is 11.6 Å². The fourth-order valence-electron chi connectivity index (χ4n) is 3.53. The molecular weight excluding hydrogens is 338 g/mol. The van der Waals surface area contributed by atoms with E-state index in [2.05, 4.69) is 15.3 Å². The summed E-state index contributed by atoms with van der Waals surface area (Å²) in [5, 5.41) is 3.29. The standard InChI is InChI=1S/C19H18F2N4O/c20-12-8-14(18(22)26)17-16(9-12)24-19(25-17)13-2-1-11(7-15(13)21)10-3-5-23-6-4-10/h1-2,7-10,23H,3-6H2,(H2,22,26)(H,24,25). The summed E-state index contributed by atoms with van der Waals surface area (Å²) in [4.78, 5) is 18.7. The van der Waals surface area contributed by atoms with E-state index in [0.717, 1.165) is 37.6 Å². The van der Waals surface area contributed by atoms with Crippen molar-refractivity contribution in [3.8, 4) is 11.4 Å². The zero-order valence-electron chi connectivity index (χ0n) is 14.0. The Hall–Kier alpha value is -2.80. The Balaban J connectivity index is 1.75. The van der Waals surface area contributed by atoms with Gasteiger partial charge in [0.2, 0.25) is 0 Å². The summed E-state index contributed by atoms with van der Waals surface area (Å²) in [6.45, 7) is 1.86. The maximum absolute atomic E-state index is 14.7. The van der Waals surface area contributed by atoms with Gasteiger partial charge < -0.3 is 16.0 Å². The van der Waals surface area contributed by atoms with Crippen molar-refractivity contribution in [1.82, 2.24) is 15.3 Å². The van der Waals surface area contributed by atoms with Crippen LogP contribution >= 0.6 is 0 Å². The third-order valence-electron chi connectivity index (χ3n) is 4.88. The molecule has 0 saturated carbocycles. The number of H-pyrrole nitrogens is 1. The number of benzene rings is 2. The van der Waals surface area contributed by atoms with Crippen LogP contribution in [0.2, 0.25) is 0 Å². The van der Waals surface area contributed by atoms with Gasteiger partial charge in [0, 0.05) is 0 Å². The molecule has 1 aliphatic heterocycles. The number of aromatic amines is 1. The highest BCUT2D eigenvalue weighted by atomic mass is 19.1. The Bertz CT molecular complexity index is 993. The van der Waals surface area contributed by atoms with Crippen LogP contribution in [-0.2, 0) is 0 Å². The van der Waals surface area contributed by atoms with Crippen LogP contribution in [0.4, 0.5) is 8.78 Å². The van der Waals surface area contributed by atoms with Crippen molar-refractivity contribution in [2.75, 3.05) is 13.1 Å². The molecule has 5 nitrogen and oxygen atoms in total. The number of hydrogen-bond donors (Lipinski definition) is 3. The topological polar surface area (TPSA) is 83.8 Å². The van der Waals surface area contributed by atoms with E-state index in [1.165, 1.54) is 12.1 Å². The quantitative estimate of drug-likeness (QED) is 0.674. The lowest BCUT2D eigenvalue weighted by atomic mass is 9.89. The first-order valence-corrected chi connectivity index (χ1v) is 8.52. The van der Waals surface area contributed by atoms with Gasteiger partial charge in [-0.1, -0.05) is 6.07 Å². The van der Waals surface area contributed by atoms with Gasteiger partial charge in [-0.2, -0.15) is 0 Å². The lowest BCUT2D eigenvalue weighted by Gasteiger charge is -2.23. The minimum absolute atomic E-state index is 0.0331. The summed E-state index contributed by atoms with van der Waals surface area (Å²) in [6, 6.07) is 7.35. The molecule has 1 fully saturated rings. The van der Waals surface area contributed by atoms with Crippen LogP contribution in [0.25, 0.3) is 22.4 Å². The highest BCUT2D eigenvalue weighted by Gasteiger charge is 2.19. The zero-order valence-corrected chi connectivity index (χ0v) is 14.0. The fourth-order valence-corrected chi connectivity index (χ4v) is 3.53. The van der Waals surface area contributed by atoms with Gasteiger partial charge in [0.15, 0.2) is 0 Å². The molecule has 26 heavy (non-hydrogen) atoms. The van der Waals surface area contributed by atoms with Gasteiger partial charge in [-0.15, -0.1) is 0 Å². The van der Waals surface area contributed by atoms with Crippen molar-refractivity contribution in [2.45, 2.75) is 18.8 Å². The molecule has 0 unspecified atom stereocenters. The summed E-state index contributed by atoms with van der Waals surface area (Å²) in [5.41, 5.74) is 7.03. The number of hydrogen-bond acceptors (Lipinski definition) is 3. The maximum Gasteiger partial charge on any atom is 0.251 e. The molecule has 7 heteroatoms. The van der Waals surface area contributed by atoms with E-state index in [1.54, 1.807) is 6.07 Å². The van der Waals surface area contributed by atoms with Gasteiger partial charge in [-0.3, -0.25) is 4.79 Å². The van der Waals surface area contributed by atoms with Gasteiger partial charge in [-0.05, 0) is 61.7 Å². The molecule has 4 N–H and O–H groups in total. The average molecular weight is 356 g/mol. The molecule has 2 heterocycles. The van der Waals surface area contributed by atoms with Gasteiger partial charge in [-0.25, -0.2) is 13.8 Å². The van der Waals surface area contributed by atoms with E-state index in [4.69, 9.17) is 5.73 Å². The summed E-state index contributed by atoms with van der Waals surface area (Å²) in [7, 11) is 0. The number of halogens is 2. The highest BCUT2D eigenvalue weighted by Crippen LogP contribution is 2.30. The molecule has 0 aliphatic carbocycles. The van der Waals surface area contributed by atoms with Crippen LogP contribution in [0.5, 0.6) is 0 Å². The average Bonchev–Trinajstić information content (AvgIpc) is 3.04. The van der Waals surface area contributed by atoms with E-state index < -0.39 is 17.5 Å². The van der Waals surface area contributed by atoms with Crippen molar-refractivity contribution in [3.05, 3.63) is 53.1 Å². The number of fused-ring (bicyclic) bond motifs is 1. The number of aromatic nitrogens is 2. The summed E-state index contributed by atoms with van der Waals surface area (Å²) < 4.78 is 28.4. The first-order valence-electron chi connectivity index (χ1n) is 8.52. The number of nitrogens with two attached hydrogens (primary N) is 1. The molecule has 1 amide bonds. The molecule has 3 aromatic rings. The number of carbonyl (C=O) groups excluding carboxylic acids is 1. The van der Waals surface area contributed by atoms with Crippen LogP contribution in [-0.4, -0.2) is 29.0 Å². The van der Waals surface area contributed by atoms with Crippen molar-refractivity contribution in [2.24, 2.45) is 5.73 Å². The Kier molecular flexibility index (Phi) is 4.16. The number of rotatable bonds is 3. The Morgan fingerprint density at radius 2 is 1.92 bits per heavy atom. The van der Waals surface area contributed by atoms with E-state index in [-0.39, 0.29) is 22.5 Å². The Labute approximate surface area is 148 Å². The van der Waals surface area contributed by atoms with Crippen LogP contribution < -0.4 is 11.1 Å². The zero-order chi connectivity index (χ0) is 18.3. The summed E-state index contributed by atoms with van der Waals surface area (Å²) >= 11 is 0. The molecular formula is C19H18F2N4O. The number of amides is 1. The van der Waals surface area contributed by atoms with Crippen LogP contribution in [0.1, 0.15) is 34.7 Å². The fraction of sp³-hybridized carbons (Fsp3) is 0.263. The van der Waals surface area contributed by atoms with Crippen LogP contribution in [0.15, 0.2) is 30.3 Å². The molecule has 0 spiro atoms. The van der Waals surface area contributed by atoms with Crippen molar-refractivity contribution < 1.29 is 13.6 Å². The first kappa shape index (κ1) is 16.7. The molecule has 0 atom stereocenters. The van der Waals surface area contributed by atoms with Gasteiger partial charge in [0.25, 0.3) is 5.91 Å². The van der Waals surface area contributed by atoms with Gasteiger partial charge in [0.1, 0.15) is 23.0 Å². The predicted octanol–water partition coefficient (Wildman–Crippen LogP) is 3.07. The minimum atomic E-state index is -0.783. The highest BCUT2D eigenvalue weighted by molar-refractivity contribution is 6.04. The molecule has 2 aromatic carbocycles. The molecule has 4 rings (SSSR count). The monoisotopic (exact) mass is 356 g/mol. The summed E-state index contributed by atoms with van der Waals surface area (Å²) in [5.74, 6) is -1.22.